The van der Waals surface area contributed by atoms with Gasteiger partial charge in [-0.25, -0.2) is 8.42 Å². The van der Waals surface area contributed by atoms with Gasteiger partial charge in [0.1, 0.15) is 5.52 Å². The van der Waals surface area contributed by atoms with Gasteiger partial charge in [-0.3, -0.25) is 4.98 Å². The zero-order valence-corrected chi connectivity index (χ0v) is 9.25. The van der Waals surface area contributed by atoms with Gasteiger partial charge >= 0.3 is 0 Å². The van der Waals surface area contributed by atoms with Gasteiger partial charge in [-0.15, -0.1) is 0 Å². The number of fused-ring (bicyclic) bond motifs is 1. The van der Waals surface area contributed by atoms with Crippen LogP contribution in [-0.4, -0.2) is 19.2 Å². The molecule has 6 heteroatoms. The Bertz CT molecular complexity index is 576. The van der Waals surface area contributed by atoms with Crippen LogP contribution in [0.3, 0.4) is 0 Å². The lowest BCUT2D eigenvalue weighted by molar-refractivity contribution is 0.605. The normalized spacial score (nSPS) is 12.1. The van der Waals surface area contributed by atoms with E-state index in [0.717, 1.165) is 5.56 Å². The van der Waals surface area contributed by atoms with Gasteiger partial charge < -0.3 is 4.42 Å². The summed E-state index contributed by atoms with van der Waals surface area (Å²) in [5.41, 5.74) is 2.10. The Morgan fingerprint density at radius 2 is 2.27 bits per heavy atom. The topological polar surface area (TPSA) is 60.2 Å². The van der Waals surface area contributed by atoms with E-state index in [0.29, 0.717) is 17.5 Å². The number of nitrogens with zero attached hydrogens (tertiary/aromatic N) is 1. The molecule has 0 atom stereocenters. The van der Waals surface area contributed by atoms with E-state index in [4.69, 9.17) is 15.1 Å². The third-order valence-corrected chi connectivity index (χ3v) is 3.17. The first-order chi connectivity index (χ1) is 7.06. The zero-order valence-electron chi connectivity index (χ0n) is 7.68. The van der Waals surface area contributed by atoms with Crippen molar-refractivity contribution in [3.63, 3.8) is 0 Å². The minimum absolute atomic E-state index is 0.111. The van der Waals surface area contributed by atoms with Crippen LogP contribution in [0.4, 0.5) is 0 Å². The molecule has 0 aliphatic rings. The second-order valence-electron chi connectivity index (χ2n) is 3.10. The van der Waals surface area contributed by atoms with Crippen LogP contribution in [0.5, 0.6) is 0 Å². The molecule has 4 nitrogen and oxygen atoms in total. The highest BCUT2D eigenvalue weighted by Gasteiger charge is 2.10. The van der Waals surface area contributed by atoms with Crippen LogP contribution in [0.1, 0.15) is 5.56 Å². The number of aromatic nitrogens is 1. The molecule has 0 radical (unpaired) electrons. The summed E-state index contributed by atoms with van der Waals surface area (Å²) in [5, 5.41) is 0. The van der Waals surface area contributed by atoms with Crippen LogP contribution in [0.25, 0.3) is 11.1 Å². The van der Waals surface area contributed by atoms with E-state index < -0.39 is 9.05 Å². The van der Waals surface area contributed by atoms with E-state index >= 15 is 0 Å². The van der Waals surface area contributed by atoms with Crippen molar-refractivity contribution >= 4 is 30.8 Å². The molecule has 2 heterocycles. The number of aryl methyl sites for hydroxylation is 1. The van der Waals surface area contributed by atoms with Gasteiger partial charge in [0.2, 0.25) is 9.05 Å². The van der Waals surface area contributed by atoms with Gasteiger partial charge in [-0.05, 0) is 18.6 Å². The predicted octanol–water partition coefficient (Wildman–Crippen LogP) is 1.94. The molecule has 2 aromatic heterocycles. The summed E-state index contributed by atoms with van der Waals surface area (Å²) in [6.07, 6.45) is 3.46. The van der Waals surface area contributed by atoms with Crippen molar-refractivity contribution in [3.8, 4) is 0 Å². The summed E-state index contributed by atoms with van der Waals surface area (Å²) in [6, 6.07) is 3.54. The van der Waals surface area contributed by atoms with Gasteiger partial charge in [0.05, 0.1) is 12.0 Å². The summed E-state index contributed by atoms with van der Waals surface area (Å²) in [4.78, 5) is 4.11. The largest absolute Gasteiger partial charge is 0.462 e. The minimum atomic E-state index is -3.47. The molecule has 2 rings (SSSR count). The molecule has 0 amide bonds. The van der Waals surface area contributed by atoms with Gasteiger partial charge in [0, 0.05) is 22.4 Å². The molecule has 0 fully saturated rings. The first kappa shape index (κ1) is 10.4. The molecule has 0 bridgehead atoms. The van der Waals surface area contributed by atoms with Gasteiger partial charge in [0.15, 0.2) is 5.58 Å². The van der Waals surface area contributed by atoms with Crippen LogP contribution >= 0.6 is 10.7 Å². The Morgan fingerprint density at radius 3 is 3.00 bits per heavy atom. The van der Waals surface area contributed by atoms with E-state index in [1.54, 1.807) is 18.3 Å². The molecule has 0 saturated carbocycles. The highest BCUT2D eigenvalue weighted by Crippen LogP contribution is 2.19. The molecule has 0 aliphatic carbocycles. The Labute approximate surface area is 91.3 Å². The molecular weight excluding hydrogens is 238 g/mol. The maximum Gasteiger partial charge on any atom is 0.232 e. The molecule has 0 saturated heterocycles. The zero-order chi connectivity index (χ0) is 10.9. The summed E-state index contributed by atoms with van der Waals surface area (Å²) in [7, 11) is 1.66. The van der Waals surface area contributed by atoms with Crippen molar-refractivity contribution in [1.82, 2.24) is 4.98 Å². The van der Waals surface area contributed by atoms with Gasteiger partial charge in [-0.2, -0.15) is 0 Å². The fourth-order valence-electron chi connectivity index (χ4n) is 1.33. The van der Waals surface area contributed by atoms with Crippen LogP contribution in [0, 0.1) is 0 Å². The van der Waals surface area contributed by atoms with Crippen molar-refractivity contribution < 1.29 is 12.8 Å². The molecule has 0 aliphatic heterocycles. The molecule has 0 aromatic carbocycles. The van der Waals surface area contributed by atoms with Crippen molar-refractivity contribution in [1.29, 1.82) is 0 Å². The Morgan fingerprint density at radius 1 is 1.47 bits per heavy atom. The molecule has 15 heavy (non-hydrogen) atoms. The monoisotopic (exact) mass is 245 g/mol. The quantitative estimate of drug-likeness (QED) is 0.776. The lowest BCUT2D eigenvalue weighted by Gasteiger charge is -1.94. The summed E-state index contributed by atoms with van der Waals surface area (Å²) in [6.45, 7) is 0. The maximum absolute atomic E-state index is 10.8. The maximum atomic E-state index is 10.8. The highest BCUT2D eigenvalue weighted by molar-refractivity contribution is 8.13. The molecule has 80 valence electrons. The first-order valence-corrected chi connectivity index (χ1v) is 6.77. The molecule has 0 N–H and O–H groups in total. The number of hydrogen-bond donors (Lipinski definition) is 0. The summed E-state index contributed by atoms with van der Waals surface area (Å²) >= 11 is 0. The van der Waals surface area contributed by atoms with E-state index in [1.165, 1.54) is 6.26 Å². The third kappa shape index (κ3) is 2.49. The second-order valence-corrected chi connectivity index (χ2v) is 6.00. The number of hydrogen-bond acceptors (Lipinski definition) is 4. The second kappa shape index (κ2) is 3.83. The summed E-state index contributed by atoms with van der Waals surface area (Å²) in [5.74, 6) is -0.111. The Balaban J connectivity index is 2.29. The molecular formula is C9H8ClNO3S. The van der Waals surface area contributed by atoms with Crippen LogP contribution in [0.2, 0.25) is 0 Å². The Hall–Kier alpha value is -1.07. The minimum Gasteiger partial charge on any atom is -0.462 e. The average molecular weight is 246 g/mol. The summed E-state index contributed by atoms with van der Waals surface area (Å²) < 4.78 is 26.8. The number of halogens is 1. The van der Waals surface area contributed by atoms with E-state index in [2.05, 4.69) is 4.98 Å². The predicted molar refractivity (Wildman–Crippen MR) is 57.4 cm³/mol. The smallest absolute Gasteiger partial charge is 0.232 e. The lowest BCUT2D eigenvalue weighted by atomic mass is 10.2. The van der Waals surface area contributed by atoms with Crippen molar-refractivity contribution in [2.24, 2.45) is 0 Å². The van der Waals surface area contributed by atoms with Crippen LogP contribution < -0.4 is 0 Å². The third-order valence-electron chi connectivity index (χ3n) is 2.02. The van der Waals surface area contributed by atoms with E-state index in [9.17, 15) is 8.42 Å². The standard InChI is InChI=1S/C9H8ClNO3S/c10-15(12,13)5-3-7-6-14-8-2-1-4-11-9(7)8/h1-2,4,6H,3,5H2. The fourth-order valence-corrected chi connectivity index (χ4v) is 2.02. The number of pyridine rings is 1. The average Bonchev–Trinajstić information content (AvgIpc) is 2.57. The van der Waals surface area contributed by atoms with Crippen molar-refractivity contribution in [2.45, 2.75) is 6.42 Å². The Kier molecular flexibility index (Phi) is 2.67. The van der Waals surface area contributed by atoms with Gasteiger partial charge in [0.25, 0.3) is 0 Å². The lowest BCUT2D eigenvalue weighted by Crippen LogP contribution is -2.00. The van der Waals surface area contributed by atoms with Crippen LogP contribution in [0.15, 0.2) is 29.0 Å². The van der Waals surface area contributed by atoms with Crippen LogP contribution in [-0.2, 0) is 15.5 Å². The van der Waals surface area contributed by atoms with E-state index in [1.807, 2.05) is 0 Å². The van der Waals surface area contributed by atoms with Crippen molar-refractivity contribution in [3.05, 3.63) is 30.2 Å². The number of furan rings is 1. The fraction of sp³-hybridized carbons (Fsp3) is 0.222. The highest BCUT2D eigenvalue weighted by atomic mass is 35.7. The molecule has 0 unspecified atom stereocenters. The SMILES string of the molecule is O=S(=O)(Cl)CCc1coc2cccnc12. The van der Waals surface area contributed by atoms with Gasteiger partial charge in [-0.1, -0.05) is 0 Å². The first-order valence-electron chi connectivity index (χ1n) is 4.30. The molecule has 0 spiro atoms. The van der Waals surface area contributed by atoms with Crippen molar-refractivity contribution in [2.75, 3.05) is 5.75 Å². The molecule has 2 aromatic rings. The van der Waals surface area contributed by atoms with E-state index in [-0.39, 0.29) is 5.75 Å². The number of rotatable bonds is 3.